The average molecular weight is 426 g/mol. The maximum absolute atomic E-state index is 12.4. The lowest BCUT2D eigenvalue weighted by atomic mass is 9.96. The highest BCUT2D eigenvalue weighted by atomic mass is 32.1. The number of hydrogen-bond donors (Lipinski definition) is 3. The van der Waals surface area contributed by atoms with Gasteiger partial charge in [-0.2, -0.15) is 5.26 Å². The van der Waals surface area contributed by atoms with E-state index in [0.29, 0.717) is 30.1 Å². The molecule has 7 heteroatoms. The summed E-state index contributed by atoms with van der Waals surface area (Å²) in [5, 5.41) is 16.1. The number of para-hydroxylation sites is 1. The molecule has 1 aliphatic carbocycles. The molecule has 158 valence electrons. The summed E-state index contributed by atoms with van der Waals surface area (Å²) < 4.78 is 0. The molecule has 2 amide bonds. The number of amides is 2. The summed E-state index contributed by atoms with van der Waals surface area (Å²) in [6.07, 6.45) is 5.32. The molecule has 3 N–H and O–H groups in total. The number of hydrogen-bond acceptors (Lipinski definition) is 4. The molecule has 0 saturated carbocycles. The molecule has 0 saturated heterocycles. The zero-order valence-corrected chi connectivity index (χ0v) is 18.5. The number of anilines is 2. The van der Waals surface area contributed by atoms with Crippen molar-refractivity contribution in [2.24, 2.45) is 0 Å². The molecule has 1 atom stereocenters. The number of benzene rings is 1. The van der Waals surface area contributed by atoms with E-state index in [4.69, 9.17) is 0 Å². The van der Waals surface area contributed by atoms with Crippen molar-refractivity contribution in [1.82, 2.24) is 0 Å². The van der Waals surface area contributed by atoms with Crippen LogP contribution in [0.15, 0.2) is 24.3 Å². The summed E-state index contributed by atoms with van der Waals surface area (Å²) in [5.74, 6) is -0.173. The highest BCUT2D eigenvalue weighted by molar-refractivity contribution is 7.16. The SMILES string of the molecule is CCc1ccccc1NC(=O)C[NH+](C)CCC(=O)Nc1sc2c(c1C#N)CCCC2. The van der Waals surface area contributed by atoms with Crippen molar-refractivity contribution in [3.63, 3.8) is 0 Å². The van der Waals surface area contributed by atoms with E-state index in [-0.39, 0.29) is 11.8 Å². The number of fused-ring (bicyclic) bond motifs is 1. The number of carbonyl (C=O) groups excluding carboxylic acids is 2. The molecule has 0 spiro atoms. The molecular formula is C23H29N4O2S+. The largest absolute Gasteiger partial charge is 0.329 e. The molecule has 30 heavy (non-hydrogen) atoms. The van der Waals surface area contributed by atoms with Crippen LogP contribution in [0.1, 0.15) is 47.8 Å². The summed E-state index contributed by atoms with van der Waals surface area (Å²) in [6, 6.07) is 10.1. The number of nitrogens with zero attached hydrogens (tertiary/aromatic N) is 1. The number of carbonyl (C=O) groups is 2. The van der Waals surface area contributed by atoms with E-state index in [2.05, 4.69) is 23.6 Å². The highest BCUT2D eigenvalue weighted by Crippen LogP contribution is 2.37. The molecule has 0 bridgehead atoms. The highest BCUT2D eigenvalue weighted by Gasteiger charge is 2.22. The van der Waals surface area contributed by atoms with Gasteiger partial charge in [-0.15, -0.1) is 11.3 Å². The van der Waals surface area contributed by atoms with E-state index in [1.165, 1.54) is 16.2 Å². The molecule has 1 heterocycles. The average Bonchev–Trinajstić information content (AvgIpc) is 3.09. The first kappa shape index (κ1) is 22.0. The predicted octanol–water partition coefficient (Wildman–Crippen LogP) is 2.54. The number of nitrogens with one attached hydrogen (secondary N) is 3. The smallest absolute Gasteiger partial charge is 0.279 e. The van der Waals surface area contributed by atoms with Gasteiger partial charge in [0.1, 0.15) is 11.1 Å². The van der Waals surface area contributed by atoms with Crippen molar-refractivity contribution in [2.45, 2.75) is 45.4 Å². The molecule has 0 fully saturated rings. The predicted molar refractivity (Wildman–Crippen MR) is 120 cm³/mol. The minimum atomic E-state index is -0.110. The summed E-state index contributed by atoms with van der Waals surface area (Å²) in [5.41, 5.74) is 3.71. The molecule has 3 rings (SSSR count). The van der Waals surface area contributed by atoms with Gasteiger partial charge in [0.25, 0.3) is 5.91 Å². The van der Waals surface area contributed by atoms with E-state index < -0.39 is 0 Å². The Hall–Kier alpha value is -2.69. The number of quaternary nitrogens is 1. The van der Waals surface area contributed by atoms with Gasteiger partial charge in [-0.3, -0.25) is 9.59 Å². The van der Waals surface area contributed by atoms with Gasteiger partial charge in [-0.25, -0.2) is 0 Å². The van der Waals surface area contributed by atoms with Crippen LogP contribution in [0.2, 0.25) is 0 Å². The zero-order chi connectivity index (χ0) is 21.5. The third kappa shape index (κ3) is 5.47. The quantitative estimate of drug-likeness (QED) is 0.607. The van der Waals surface area contributed by atoms with E-state index in [9.17, 15) is 14.9 Å². The van der Waals surface area contributed by atoms with Crippen LogP contribution < -0.4 is 15.5 Å². The Morgan fingerprint density at radius 1 is 1.17 bits per heavy atom. The van der Waals surface area contributed by atoms with E-state index >= 15 is 0 Å². The van der Waals surface area contributed by atoms with Gasteiger partial charge in [-0.05, 0) is 49.3 Å². The summed E-state index contributed by atoms with van der Waals surface area (Å²) in [6.45, 7) is 2.90. The number of rotatable bonds is 8. The molecular weight excluding hydrogens is 396 g/mol. The Balaban J connectivity index is 1.48. The van der Waals surface area contributed by atoms with E-state index in [1.54, 1.807) is 0 Å². The van der Waals surface area contributed by atoms with Crippen molar-refractivity contribution in [3.8, 4) is 6.07 Å². The summed E-state index contributed by atoms with van der Waals surface area (Å²) in [7, 11) is 1.91. The number of nitriles is 1. The van der Waals surface area contributed by atoms with Gasteiger partial charge in [0, 0.05) is 10.6 Å². The first-order valence-corrected chi connectivity index (χ1v) is 11.4. The Bertz CT molecular complexity index is 961. The van der Waals surface area contributed by atoms with E-state index in [0.717, 1.165) is 53.8 Å². The normalized spacial score (nSPS) is 13.8. The summed E-state index contributed by atoms with van der Waals surface area (Å²) in [4.78, 5) is 27.0. The first-order valence-electron chi connectivity index (χ1n) is 10.5. The van der Waals surface area contributed by atoms with Crippen molar-refractivity contribution in [2.75, 3.05) is 30.8 Å². The van der Waals surface area contributed by atoms with Gasteiger partial charge >= 0.3 is 0 Å². The first-order chi connectivity index (χ1) is 14.5. The van der Waals surface area contributed by atoms with Crippen LogP contribution in [0.3, 0.4) is 0 Å². The second-order valence-electron chi connectivity index (χ2n) is 7.77. The van der Waals surface area contributed by atoms with Gasteiger partial charge < -0.3 is 15.5 Å². The van der Waals surface area contributed by atoms with Crippen LogP contribution >= 0.6 is 11.3 Å². The van der Waals surface area contributed by atoms with Gasteiger partial charge in [0.05, 0.1) is 25.6 Å². The van der Waals surface area contributed by atoms with Crippen molar-refractivity contribution in [1.29, 1.82) is 5.26 Å². The second kappa shape index (κ2) is 10.4. The van der Waals surface area contributed by atoms with Gasteiger partial charge in [0.2, 0.25) is 5.91 Å². The molecule has 0 aliphatic heterocycles. The fourth-order valence-electron chi connectivity index (χ4n) is 3.80. The molecule has 1 unspecified atom stereocenters. The van der Waals surface area contributed by atoms with Crippen LogP contribution in [-0.2, 0) is 28.9 Å². The minimum absolute atomic E-state index is 0.0634. The van der Waals surface area contributed by atoms with Crippen molar-refractivity contribution < 1.29 is 14.5 Å². The molecule has 2 aromatic rings. The third-order valence-electron chi connectivity index (χ3n) is 5.45. The lowest BCUT2D eigenvalue weighted by Gasteiger charge is -2.15. The van der Waals surface area contributed by atoms with Gasteiger partial charge in [-0.1, -0.05) is 25.1 Å². The number of likely N-dealkylation sites (N-methyl/N-ethyl adjacent to an activating group) is 1. The molecule has 1 aromatic heterocycles. The second-order valence-corrected chi connectivity index (χ2v) is 8.87. The van der Waals surface area contributed by atoms with Crippen LogP contribution in [-0.4, -0.2) is 32.0 Å². The fourth-order valence-corrected chi connectivity index (χ4v) is 5.05. The Kier molecular flexibility index (Phi) is 7.61. The molecule has 1 aromatic carbocycles. The third-order valence-corrected chi connectivity index (χ3v) is 6.66. The van der Waals surface area contributed by atoms with Crippen LogP contribution in [0.5, 0.6) is 0 Å². The molecule has 1 aliphatic rings. The Morgan fingerprint density at radius 3 is 2.70 bits per heavy atom. The van der Waals surface area contributed by atoms with Crippen LogP contribution in [0, 0.1) is 11.3 Å². The van der Waals surface area contributed by atoms with Crippen molar-refractivity contribution >= 4 is 33.8 Å². The lowest BCUT2D eigenvalue weighted by Crippen LogP contribution is -3.10. The monoisotopic (exact) mass is 425 g/mol. The fraction of sp³-hybridized carbons (Fsp3) is 0.435. The standard InChI is InChI=1S/C23H28N4O2S/c1-3-16-8-4-6-10-19(16)25-22(29)15-27(2)13-12-21(28)26-23-18(14-24)17-9-5-7-11-20(17)30-23/h4,6,8,10H,3,5,7,9,11-13,15H2,1-2H3,(H,25,29)(H,26,28)/p+1. The molecule has 0 radical (unpaired) electrons. The topological polar surface area (TPSA) is 86.4 Å². The Morgan fingerprint density at radius 2 is 1.93 bits per heavy atom. The van der Waals surface area contributed by atoms with Crippen molar-refractivity contribution in [3.05, 3.63) is 45.8 Å². The summed E-state index contributed by atoms with van der Waals surface area (Å²) >= 11 is 1.54. The number of thiophene rings is 1. The van der Waals surface area contributed by atoms with Crippen LogP contribution in [0.4, 0.5) is 10.7 Å². The lowest BCUT2D eigenvalue weighted by molar-refractivity contribution is -0.870. The maximum Gasteiger partial charge on any atom is 0.279 e. The Labute approximate surface area is 181 Å². The van der Waals surface area contributed by atoms with Crippen LogP contribution in [0.25, 0.3) is 0 Å². The minimum Gasteiger partial charge on any atom is -0.329 e. The maximum atomic E-state index is 12.4. The van der Waals surface area contributed by atoms with Gasteiger partial charge in [0.15, 0.2) is 6.54 Å². The molecule has 6 nitrogen and oxygen atoms in total. The number of aryl methyl sites for hydroxylation is 2. The van der Waals surface area contributed by atoms with E-state index in [1.807, 2.05) is 31.3 Å². The zero-order valence-electron chi connectivity index (χ0n) is 17.6.